The molecule has 0 heterocycles. The van der Waals surface area contributed by atoms with Crippen LogP contribution >= 0.6 is 0 Å². The van der Waals surface area contributed by atoms with E-state index >= 15 is 0 Å². The van der Waals surface area contributed by atoms with Crippen molar-refractivity contribution in [2.24, 2.45) is 11.3 Å². The van der Waals surface area contributed by atoms with Crippen molar-refractivity contribution in [1.82, 2.24) is 0 Å². The maximum Gasteiger partial charge on any atom is 0.0543 e. The average molecular weight is 256 g/mol. The van der Waals surface area contributed by atoms with Crippen LogP contribution in [0.1, 0.15) is 64.7 Å². The molecule has 0 bridgehead atoms. The minimum Gasteiger partial charge on any atom is -0.384 e. The van der Waals surface area contributed by atoms with Gasteiger partial charge in [-0.05, 0) is 25.2 Å². The van der Waals surface area contributed by atoms with Crippen LogP contribution in [0.5, 0.6) is 0 Å². The molecule has 0 amide bonds. The third kappa shape index (κ3) is 4.55. The van der Waals surface area contributed by atoms with Gasteiger partial charge in [-0.1, -0.05) is 45.4 Å². The van der Waals surface area contributed by atoms with E-state index in [0.717, 1.165) is 19.1 Å². The van der Waals surface area contributed by atoms with Gasteiger partial charge in [0.05, 0.1) is 13.2 Å². The summed E-state index contributed by atoms with van der Waals surface area (Å²) in [4.78, 5) is 0. The lowest BCUT2D eigenvalue weighted by Crippen LogP contribution is -2.38. The van der Waals surface area contributed by atoms with Crippen LogP contribution < -0.4 is 0 Å². The van der Waals surface area contributed by atoms with E-state index < -0.39 is 0 Å². The smallest absolute Gasteiger partial charge is 0.0543 e. The predicted octanol–water partition coefficient (Wildman–Crippen LogP) is 4.43. The van der Waals surface area contributed by atoms with E-state index in [0.29, 0.717) is 0 Å². The van der Waals surface area contributed by atoms with Crippen LogP contribution in [0, 0.1) is 11.3 Å². The molecule has 1 saturated carbocycles. The van der Waals surface area contributed by atoms with Gasteiger partial charge in [0.1, 0.15) is 0 Å². The molecule has 0 radical (unpaired) electrons. The molecular formula is C16H32O2. The Balaban J connectivity index is 2.56. The van der Waals surface area contributed by atoms with Gasteiger partial charge in [-0.15, -0.1) is 0 Å². The topological polar surface area (TPSA) is 18.5 Å². The molecule has 0 aliphatic heterocycles. The summed E-state index contributed by atoms with van der Waals surface area (Å²) < 4.78 is 11.1. The Morgan fingerprint density at radius 1 is 0.944 bits per heavy atom. The number of methoxy groups -OCH3 is 2. The second-order valence-electron chi connectivity index (χ2n) is 6.02. The second kappa shape index (κ2) is 8.92. The van der Waals surface area contributed by atoms with Crippen LogP contribution in [0.2, 0.25) is 0 Å². The molecular weight excluding hydrogens is 224 g/mol. The van der Waals surface area contributed by atoms with Crippen LogP contribution in [0.4, 0.5) is 0 Å². The number of hydrogen-bond donors (Lipinski definition) is 0. The zero-order chi connectivity index (χ0) is 13.3. The molecule has 0 atom stereocenters. The molecule has 0 aromatic carbocycles. The van der Waals surface area contributed by atoms with E-state index in [-0.39, 0.29) is 5.41 Å². The van der Waals surface area contributed by atoms with E-state index in [1.165, 1.54) is 57.8 Å². The largest absolute Gasteiger partial charge is 0.384 e. The van der Waals surface area contributed by atoms with Crippen molar-refractivity contribution in [1.29, 1.82) is 0 Å². The fourth-order valence-electron chi connectivity index (χ4n) is 3.64. The molecule has 1 fully saturated rings. The summed E-state index contributed by atoms with van der Waals surface area (Å²) in [6.07, 6.45) is 12.2. The van der Waals surface area contributed by atoms with Gasteiger partial charge in [0.2, 0.25) is 0 Å². The fourth-order valence-corrected chi connectivity index (χ4v) is 3.64. The molecule has 0 unspecified atom stereocenters. The third-order valence-electron chi connectivity index (χ3n) is 4.61. The van der Waals surface area contributed by atoms with E-state index in [1.54, 1.807) is 0 Å². The summed E-state index contributed by atoms with van der Waals surface area (Å²) in [5.41, 5.74) is 0.285. The molecule has 0 N–H and O–H groups in total. The van der Waals surface area contributed by atoms with Gasteiger partial charge in [0.25, 0.3) is 0 Å². The average Bonchev–Trinajstić information content (AvgIpc) is 2.89. The standard InChI is InChI=1S/C16H32O2/c1-4-5-6-9-12-16(13-17-2,14-18-3)15-10-7-8-11-15/h15H,4-14H2,1-3H3. The lowest BCUT2D eigenvalue weighted by Gasteiger charge is -2.38. The van der Waals surface area contributed by atoms with Crippen molar-refractivity contribution >= 4 is 0 Å². The van der Waals surface area contributed by atoms with Gasteiger partial charge < -0.3 is 9.47 Å². The van der Waals surface area contributed by atoms with Crippen molar-refractivity contribution in [2.75, 3.05) is 27.4 Å². The van der Waals surface area contributed by atoms with Gasteiger partial charge in [0.15, 0.2) is 0 Å². The summed E-state index contributed by atoms with van der Waals surface area (Å²) in [5.74, 6) is 0.819. The summed E-state index contributed by atoms with van der Waals surface area (Å²) in [6.45, 7) is 4.02. The number of hydrogen-bond acceptors (Lipinski definition) is 2. The highest BCUT2D eigenvalue weighted by Gasteiger charge is 2.39. The number of rotatable bonds is 10. The first-order valence-corrected chi connectivity index (χ1v) is 7.77. The zero-order valence-electron chi connectivity index (χ0n) is 12.7. The minimum absolute atomic E-state index is 0.285. The molecule has 18 heavy (non-hydrogen) atoms. The Morgan fingerprint density at radius 3 is 2.06 bits per heavy atom. The Labute approximate surface area is 113 Å². The third-order valence-corrected chi connectivity index (χ3v) is 4.61. The highest BCUT2D eigenvalue weighted by atomic mass is 16.5. The summed E-state index contributed by atoms with van der Waals surface area (Å²) in [5, 5.41) is 0. The van der Waals surface area contributed by atoms with Gasteiger partial charge >= 0.3 is 0 Å². The molecule has 0 aromatic heterocycles. The predicted molar refractivity (Wildman–Crippen MR) is 76.9 cm³/mol. The quantitative estimate of drug-likeness (QED) is 0.538. The monoisotopic (exact) mass is 256 g/mol. The normalized spacial score (nSPS) is 17.5. The fraction of sp³-hybridized carbons (Fsp3) is 1.00. The first kappa shape index (κ1) is 16.0. The SMILES string of the molecule is CCCCCCC(COC)(COC)C1CCCC1. The van der Waals surface area contributed by atoms with Crippen LogP contribution in [-0.2, 0) is 9.47 Å². The molecule has 1 aliphatic carbocycles. The van der Waals surface area contributed by atoms with Crippen molar-refractivity contribution in [3.8, 4) is 0 Å². The lowest BCUT2D eigenvalue weighted by atomic mass is 9.72. The van der Waals surface area contributed by atoms with Crippen molar-refractivity contribution < 1.29 is 9.47 Å². The summed E-state index contributed by atoms with van der Waals surface area (Å²) in [7, 11) is 3.68. The van der Waals surface area contributed by atoms with Crippen molar-refractivity contribution in [3.63, 3.8) is 0 Å². The van der Waals surface area contributed by atoms with E-state index in [4.69, 9.17) is 9.47 Å². The molecule has 1 rings (SSSR count). The highest BCUT2D eigenvalue weighted by Crippen LogP contribution is 2.44. The van der Waals surface area contributed by atoms with Gasteiger partial charge in [-0.2, -0.15) is 0 Å². The van der Waals surface area contributed by atoms with E-state index in [1.807, 2.05) is 14.2 Å². The maximum atomic E-state index is 5.55. The molecule has 0 spiro atoms. The Kier molecular flexibility index (Phi) is 7.92. The van der Waals surface area contributed by atoms with E-state index in [9.17, 15) is 0 Å². The highest BCUT2D eigenvalue weighted by molar-refractivity contribution is 4.89. The van der Waals surface area contributed by atoms with Crippen LogP contribution in [0.15, 0.2) is 0 Å². The first-order chi connectivity index (χ1) is 8.79. The number of ether oxygens (including phenoxy) is 2. The molecule has 0 saturated heterocycles. The Hall–Kier alpha value is -0.0800. The molecule has 2 nitrogen and oxygen atoms in total. The molecule has 108 valence electrons. The van der Waals surface area contributed by atoms with Crippen molar-refractivity contribution in [3.05, 3.63) is 0 Å². The molecule has 1 aliphatic rings. The van der Waals surface area contributed by atoms with Crippen LogP contribution in [-0.4, -0.2) is 27.4 Å². The maximum absolute atomic E-state index is 5.55. The molecule has 0 aromatic rings. The Morgan fingerprint density at radius 2 is 1.56 bits per heavy atom. The number of unbranched alkanes of at least 4 members (excludes halogenated alkanes) is 3. The van der Waals surface area contributed by atoms with Crippen LogP contribution in [0.25, 0.3) is 0 Å². The summed E-state index contributed by atoms with van der Waals surface area (Å²) in [6, 6.07) is 0. The summed E-state index contributed by atoms with van der Waals surface area (Å²) >= 11 is 0. The van der Waals surface area contributed by atoms with Gasteiger partial charge in [0, 0.05) is 19.6 Å². The first-order valence-electron chi connectivity index (χ1n) is 7.77. The van der Waals surface area contributed by atoms with E-state index in [2.05, 4.69) is 6.92 Å². The van der Waals surface area contributed by atoms with Crippen molar-refractivity contribution in [2.45, 2.75) is 64.7 Å². The molecule has 2 heteroatoms. The van der Waals surface area contributed by atoms with Gasteiger partial charge in [-0.25, -0.2) is 0 Å². The minimum atomic E-state index is 0.285. The Bertz CT molecular complexity index is 191. The van der Waals surface area contributed by atoms with Crippen LogP contribution in [0.3, 0.4) is 0 Å². The van der Waals surface area contributed by atoms with Gasteiger partial charge in [-0.3, -0.25) is 0 Å². The second-order valence-corrected chi connectivity index (χ2v) is 6.02. The zero-order valence-corrected chi connectivity index (χ0v) is 12.7. The lowest BCUT2D eigenvalue weighted by molar-refractivity contribution is -0.0358.